The van der Waals surface area contributed by atoms with Gasteiger partial charge in [-0.3, -0.25) is 4.99 Å². The zero-order valence-electron chi connectivity index (χ0n) is 7.33. The molecule has 0 aromatic rings. The molecule has 1 aliphatic carbocycles. The van der Waals surface area contributed by atoms with Crippen LogP contribution in [-0.2, 0) is 0 Å². The number of likely N-dealkylation sites (N-methyl/N-ethyl adjacent to an activating group) is 1. The van der Waals surface area contributed by atoms with Crippen molar-refractivity contribution in [3.63, 3.8) is 0 Å². The Hall–Kier alpha value is -0.465. The van der Waals surface area contributed by atoms with Crippen molar-refractivity contribution in [3.8, 4) is 0 Å². The van der Waals surface area contributed by atoms with Gasteiger partial charge in [-0.25, -0.2) is 0 Å². The van der Waals surface area contributed by atoms with Gasteiger partial charge in [-0.05, 0) is 12.2 Å². The molecular weight excluding hydrogens is 135 g/mol. The summed E-state index contributed by atoms with van der Waals surface area (Å²) in [6, 6.07) is 1.33. The number of nitrogens with zero attached hydrogens (tertiary/aromatic N) is 2. The van der Waals surface area contributed by atoms with Gasteiger partial charge in [-0.1, -0.05) is 12.8 Å². The molecule has 1 fully saturated rings. The highest BCUT2D eigenvalue weighted by Gasteiger charge is 2.34. The molecule has 3 atom stereocenters. The fraction of sp³-hybridized carbons (Fsp3) is 0.875. The Morgan fingerprint density at radius 3 is 3.09 bits per heavy atom. The topological polar surface area (TPSA) is 15.6 Å². The van der Waals surface area contributed by atoms with E-state index in [9.17, 15) is 0 Å². The van der Waals surface area contributed by atoms with Gasteiger partial charge >= 0.3 is 0 Å². The normalized spacial score (nSPS) is 42.6. The zero-order chi connectivity index (χ0) is 7.84. The minimum atomic E-state index is 0.605. The summed E-state index contributed by atoms with van der Waals surface area (Å²) in [5.74, 6) is 0.801. The van der Waals surface area contributed by atoms with Crippen LogP contribution in [0.25, 0.3) is 0 Å². The summed E-state index contributed by atoms with van der Waals surface area (Å²) >= 11 is 0. The molecule has 1 saturated carbocycles. The van der Waals surface area contributed by atoms with Crippen LogP contribution in [-0.4, -0.2) is 38.2 Å². The summed E-state index contributed by atoms with van der Waals surface area (Å²) < 4.78 is 0. The van der Waals surface area contributed by atoms with Crippen molar-refractivity contribution in [2.45, 2.75) is 37.2 Å². The molecule has 1 aliphatic heterocycles. The fourth-order valence-electron chi connectivity index (χ4n) is 2.33. The summed E-state index contributed by atoms with van der Waals surface area (Å²) in [5.41, 5.74) is 0. The van der Waals surface area contributed by atoms with Gasteiger partial charge in [0, 0.05) is 7.05 Å². The quantitative estimate of drug-likeness (QED) is 0.453. The summed E-state index contributed by atoms with van der Waals surface area (Å²) in [7, 11) is 4.47. The number of aliphatic imine (C=N–C) groups is 1. The van der Waals surface area contributed by atoms with E-state index in [1.807, 2.05) is 6.34 Å². The molecule has 0 saturated heterocycles. The average molecular weight is 150 g/mol. The molecule has 0 aromatic heterocycles. The van der Waals surface area contributed by atoms with Gasteiger partial charge in [0.05, 0.1) is 18.4 Å². The van der Waals surface area contributed by atoms with Gasteiger partial charge in [-0.2, -0.15) is 0 Å². The van der Waals surface area contributed by atoms with Crippen molar-refractivity contribution in [2.24, 2.45) is 4.99 Å². The fourth-order valence-corrected chi connectivity index (χ4v) is 2.33. The van der Waals surface area contributed by atoms with Crippen LogP contribution >= 0.6 is 0 Å². The van der Waals surface area contributed by atoms with Crippen LogP contribution in [0, 0.1) is 0 Å². The molecule has 0 N–H and O–H groups in total. The Balaban J connectivity index is 2.12. The van der Waals surface area contributed by atoms with Gasteiger partial charge in [0.15, 0.2) is 0 Å². The highest BCUT2D eigenvalue weighted by Crippen LogP contribution is 2.33. The maximum atomic E-state index is 4.52. The van der Waals surface area contributed by atoms with Crippen LogP contribution in [0.3, 0.4) is 0 Å². The largest absolute Gasteiger partial charge is 0.361 e. The van der Waals surface area contributed by atoms with Crippen molar-refractivity contribution in [1.82, 2.24) is 4.90 Å². The van der Waals surface area contributed by atoms with E-state index in [4.69, 9.17) is 0 Å². The summed E-state index contributed by atoms with van der Waals surface area (Å²) in [5, 5.41) is 0. The van der Waals surface area contributed by atoms with Crippen LogP contribution < -0.4 is 0 Å². The van der Waals surface area contributed by atoms with E-state index in [-0.39, 0.29) is 0 Å². The summed E-state index contributed by atoms with van der Waals surface area (Å²) in [6.45, 7) is 0. The second kappa shape index (κ2) is 2.54. The third-order valence-corrected chi connectivity index (χ3v) is 3.08. The molecule has 0 spiro atoms. The molecule has 11 heavy (non-hydrogen) atoms. The van der Waals surface area contributed by atoms with Crippen LogP contribution in [0.15, 0.2) is 4.99 Å². The van der Waals surface area contributed by atoms with Crippen LogP contribution in [0.4, 0.5) is 0 Å². The summed E-state index contributed by atoms with van der Waals surface area (Å²) in [4.78, 5) is 6.80. The lowest BCUT2D eigenvalue weighted by Gasteiger charge is -2.33. The molecule has 3 heteroatoms. The Bertz CT molecular complexity index is 181. The molecule has 0 bridgehead atoms. The smallest absolute Gasteiger partial charge is 0.108 e. The predicted molar refractivity (Wildman–Crippen MR) is 50.0 cm³/mol. The molecule has 2 aliphatic rings. The first kappa shape index (κ1) is 7.20. The first-order valence-electron chi connectivity index (χ1n) is 4.54. The number of hydrogen-bond donors (Lipinski definition) is 0. The van der Waals surface area contributed by atoms with E-state index in [2.05, 4.69) is 24.8 Å². The van der Waals surface area contributed by atoms with Crippen LogP contribution in [0.2, 0.25) is 5.82 Å². The van der Waals surface area contributed by atoms with Crippen LogP contribution in [0.5, 0.6) is 0 Å². The first-order valence-corrected chi connectivity index (χ1v) is 4.54. The highest BCUT2D eigenvalue weighted by molar-refractivity contribution is 6.12. The van der Waals surface area contributed by atoms with E-state index < -0.39 is 0 Å². The Kier molecular flexibility index (Phi) is 1.66. The minimum absolute atomic E-state index is 0.605. The van der Waals surface area contributed by atoms with E-state index >= 15 is 0 Å². The first-order chi connectivity index (χ1) is 5.29. The van der Waals surface area contributed by atoms with Crippen molar-refractivity contribution in [3.05, 3.63) is 0 Å². The molecule has 2 nitrogen and oxygen atoms in total. The predicted octanol–water partition coefficient (Wildman–Crippen LogP) is 0.303. The van der Waals surface area contributed by atoms with E-state index in [1.54, 1.807) is 0 Å². The van der Waals surface area contributed by atoms with Crippen molar-refractivity contribution >= 4 is 14.2 Å². The molecule has 0 radical (unpaired) electrons. The second-order valence-corrected chi connectivity index (χ2v) is 3.90. The lowest BCUT2D eigenvalue weighted by atomic mass is 9.70. The van der Waals surface area contributed by atoms with E-state index in [0.717, 1.165) is 11.9 Å². The monoisotopic (exact) mass is 150 g/mol. The Labute approximate surface area is 69.1 Å². The molecule has 1 heterocycles. The minimum Gasteiger partial charge on any atom is -0.361 e. The molecule has 2 rings (SSSR count). The average Bonchev–Trinajstić information content (AvgIpc) is 2.35. The van der Waals surface area contributed by atoms with Crippen molar-refractivity contribution in [1.29, 1.82) is 0 Å². The standard InChI is InChI=1S/C8H15BN2/c1-11-5-10-8-6(9)3-2-4-7(8)11/h5-8H,2-4,9H2,1H3/t6?,7-,8+/m0/s1. The lowest BCUT2D eigenvalue weighted by molar-refractivity contribution is 0.279. The van der Waals surface area contributed by atoms with Gasteiger partial charge < -0.3 is 4.90 Å². The van der Waals surface area contributed by atoms with E-state index in [0.29, 0.717) is 6.04 Å². The van der Waals surface area contributed by atoms with Crippen LogP contribution in [0.1, 0.15) is 19.3 Å². The third-order valence-electron chi connectivity index (χ3n) is 3.08. The van der Waals surface area contributed by atoms with E-state index in [1.165, 1.54) is 19.3 Å². The zero-order valence-corrected chi connectivity index (χ0v) is 7.33. The Morgan fingerprint density at radius 2 is 2.36 bits per heavy atom. The molecule has 0 aromatic carbocycles. The maximum Gasteiger partial charge on any atom is 0.108 e. The molecule has 60 valence electrons. The number of fused-ring (bicyclic) bond motifs is 1. The lowest BCUT2D eigenvalue weighted by Crippen LogP contribution is -2.38. The Morgan fingerprint density at radius 1 is 1.55 bits per heavy atom. The second-order valence-electron chi connectivity index (χ2n) is 3.90. The van der Waals surface area contributed by atoms with Crippen molar-refractivity contribution in [2.75, 3.05) is 7.05 Å². The summed E-state index contributed by atoms with van der Waals surface area (Å²) in [6.07, 6.45) is 6.10. The number of rotatable bonds is 0. The SMILES string of the molecule is BC1CCC[C@H]2[C@@H]1N=CN2C. The maximum absolute atomic E-state index is 4.52. The molecule has 0 amide bonds. The number of hydrogen-bond acceptors (Lipinski definition) is 2. The van der Waals surface area contributed by atoms with Gasteiger partial charge in [0.25, 0.3) is 0 Å². The third kappa shape index (κ3) is 1.07. The molecule has 1 unspecified atom stereocenters. The van der Waals surface area contributed by atoms with Gasteiger partial charge in [0.2, 0.25) is 0 Å². The molecular formula is C8H15BN2. The van der Waals surface area contributed by atoms with Crippen molar-refractivity contribution < 1.29 is 0 Å². The van der Waals surface area contributed by atoms with Gasteiger partial charge in [-0.15, -0.1) is 0 Å². The highest BCUT2D eigenvalue weighted by atomic mass is 15.2. The van der Waals surface area contributed by atoms with Gasteiger partial charge in [0.1, 0.15) is 7.85 Å².